The summed E-state index contributed by atoms with van der Waals surface area (Å²) < 4.78 is 30.3. The predicted molar refractivity (Wildman–Crippen MR) is 119 cm³/mol. The Morgan fingerprint density at radius 2 is 1.80 bits per heavy atom. The monoisotopic (exact) mass is 436 g/mol. The molecule has 2 aromatic rings. The van der Waals surface area contributed by atoms with Crippen LogP contribution in [-0.4, -0.2) is 85.3 Å². The number of nitrogens with one attached hydrogen (secondary N) is 1. The fourth-order valence-corrected chi connectivity index (χ4v) is 4.19. The van der Waals surface area contributed by atoms with E-state index >= 15 is 0 Å². The van der Waals surface area contributed by atoms with Crippen LogP contribution < -0.4 is 4.72 Å². The number of carbonyl (C=O) groups excluding carboxylic acids is 1. The van der Waals surface area contributed by atoms with E-state index in [1.165, 1.54) is 14.1 Å². The molecule has 3 rings (SSSR count). The van der Waals surface area contributed by atoms with E-state index in [1.54, 1.807) is 12.1 Å². The number of anilines is 1. The van der Waals surface area contributed by atoms with Crippen LogP contribution in [-0.2, 0) is 23.7 Å². The highest BCUT2D eigenvalue weighted by atomic mass is 32.2. The Hall–Kier alpha value is -2.17. The molecule has 1 aliphatic rings. The third-order valence-electron chi connectivity index (χ3n) is 5.40. The number of rotatable bonds is 6. The molecule has 166 valence electrons. The Kier molecular flexibility index (Phi) is 6.40. The van der Waals surface area contributed by atoms with Crippen molar-refractivity contribution in [3.05, 3.63) is 23.5 Å². The van der Waals surface area contributed by atoms with Gasteiger partial charge in [-0.1, -0.05) is 13.8 Å². The molecular formula is C20H32N6O3S. The van der Waals surface area contributed by atoms with E-state index in [-0.39, 0.29) is 5.91 Å². The lowest BCUT2D eigenvalue weighted by atomic mass is 10.1. The second-order valence-corrected chi connectivity index (χ2v) is 10.4. The highest BCUT2D eigenvalue weighted by Gasteiger charge is 2.26. The number of carbonyl (C=O) groups is 1. The Morgan fingerprint density at radius 3 is 2.37 bits per heavy atom. The number of nitrogens with zero attached hydrogens (tertiary/aromatic N) is 5. The molecule has 2 heterocycles. The summed E-state index contributed by atoms with van der Waals surface area (Å²) in [5.74, 6) is 1.18. The average Bonchev–Trinajstić information content (AvgIpc) is 2.95. The van der Waals surface area contributed by atoms with Crippen molar-refractivity contribution in [3.63, 3.8) is 0 Å². The third kappa shape index (κ3) is 4.60. The number of benzene rings is 1. The molecule has 30 heavy (non-hydrogen) atoms. The molecule has 1 N–H and O–H groups in total. The summed E-state index contributed by atoms with van der Waals surface area (Å²) in [6, 6.07) is 3.33. The zero-order chi connectivity index (χ0) is 22.2. The predicted octanol–water partition coefficient (Wildman–Crippen LogP) is 1.38. The highest BCUT2D eigenvalue weighted by Crippen LogP contribution is 2.28. The lowest BCUT2D eigenvalue weighted by Gasteiger charge is -2.32. The molecule has 10 heteroatoms. The van der Waals surface area contributed by atoms with E-state index < -0.39 is 10.2 Å². The van der Waals surface area contributed by atoms with Crippen molar-refractivity contribution in [2.24, 2.45) is 13.0 Å². The Bertz CT molecular complexity index is 1040. The molecule has 1 amide bonds. The smallest absolute Gasteiger partial charge is 0.301 e. The number of hydrogen-bond acceptors (Lipinski definition) is 5. The first-order chi connectivity index (χ1) is 14.0. The van der Waals surface area contributed by atoms with Crippen molar-refractivity contribution in [3.8, 4) is 0 Å². The Labute approximate surface area is 178 Å². The second-order valence-electron chi connectivity index (χ2n) is 8.56. The third-order valence-corrected chi connectivity index (χ3v) is 6.86. The van der Waals surface area contributed by atoms with Gasteiger partial charge in [0, 0.05) is 53.7 Å². The number of amides is 1. The number of piperazine rings is 1. The van der Waals surface area contributed by atoms with Gasteiger partial charge in [0.2, 0.25) is 0 Å². The van der Waals surface area contributed by atoms with Crippen LogP contribution in [0.15, 0.2) is 12.1 Å². The second kappa shape index (κ2) is 8.52. The molecule has 1 saturated heterocycles. The van der Waals surface area contributed by atoms with Crippen molar-refractivity contribution in [2.45, 2.75) is 20.3 Å². The van der Waals surface area contributed by atoms with Gasteiger partial charge in [-0.2, -0.15) is 12.7 Å². The van der Waals surface area contributed by atoms with E-state index in [4.69, 9.17) is 4.98 Å². The molecule has 1 fully saturated rings. The first kappa shape index (κ1) is 22.5. The summed E-state index contributed by atoms with van der Waals surface area (Å²) in [5, 5.41) is 0. The van der Waals surface area contributed by atoms with Gasteiger partial charge in [0.25, 0.3) is 5.91 Å². The minimum atomic E-state index is -3.70. The number of hydrogen-bond donors (Lipinski definition) is 1. The van der Waals surface area contributed by atoms with Crippen molar-refractivity contribution in [1.82, 2.24) is 23.7 Å². The van der Waals surface area contributed by atoms with Crippen molar-refractivity contribution in [2.75, 3.05) is 52.0 Å². The molecule has 0 saturated carbocycles. The summed E-state index contributed by atoms with van der Waals surface area (Å²) in [5.41, 5.74) is 2.16. The Morgan fingerprint density at radius 1 is 1.17 bits per heavy atom. The normalized spacial score (nSPS) is 16.1. The van der Waals surface area contributed by atoms with Gasteiger partial charge in [0.05, 0.1) is 22.3 Å². The number of likely N-dealkylation sites (N-methyl/N-ethyl adjacent to an activating group) is 1. The van der Waals surface area contributed by atoms with E-state index in [2.05, 4.69) is 23.5 Å². The van der Waals surface area contributed by atoms with Crippen LogP contribution in [0.3, 0.4) is 0 Å². The van der Waals surface area contributed by atoms with Crippen molar-refractivity contribution >= 4 is 32.8 Å². The van der Waals surface area contributed by atoms with Gasteiger partial charge < -0.3 is 14.4 Å². The minimum absolute atomic E-state index is 0.0990. The fourth-order valence-electron chi connectivity index (χ4n) is 3.59. The Balaban J connectivity index is 2.11. The van der Waals surface area contributed by atoms with E-state index in [0.29, 0.717) is 35.8 Å². The molecular weight excluding hydrogens is 404 g/mol. The lowest BCUT2D eigenvalue weighted by Crippen LogP contribution is -2.47. The van der Waals surface area contributed by atoms with Crippen LogP contribution in [0.25, 0.3) is 11.0 Å². The zero-order valence-corrected chi connectivity index (χ0v) is 19.5. The molecule has 9 nitrogen and oxygen atoms in total. The van der Waals surface area contributed by atoms with E-state index in [0.717, 1.165) is 35.2 Å². The number of fused-ring (bicyclic) bond motifs is 1. The first-order valence-electron chi connectivity index (χ1n) is 10.2. The average molecular weight is 437 g/mol. The summed E-state index contributed by atoms with van der Waals surface area (Å²) in [6.45, 7) is 7.14. The van der Waals surface area contributed by atoms with E-state index in [1.807, 2.05) is 23.6 Å². The number of aryl methyl sites for hydroxylation is 1. The largest absolute Gasteiger partial charge is 0.336 e. The quantitative estimate of drug-likeness (QED) is 0.739. The van der Waals surface area contributed by atoms with Crippen LogP contribution in [0.5, 0.6) is 0 Å². The molecule has 1 aliphatic heterocycles. The molecule has 0 radical (unpaired) electrons. The molecule has 0 atom stereocenters. The van der Waals surface area contributed by atoms with Crippen LogP contribution in [0.4, 0.5) is 5.69 Å². The lowest BCUT2D eigenvalue weighted by molar-refractivity contribution is 0.0665. The van der Waals surface area contributed by atoms with Gasteiger partial charge in [-0.3, -0.25) is 9.52 Å². The summed E-state index contributed by atoms with van der Waals surface area (Å²) in [6.07, 6.45) is 0.770. The maximum absolute atomic E-state index is 13.4. The van der Waals surface area contributed by atoms with Crippen LogP contribution in [0.1, 0.15) is 30.0 Å². The summed E-state index contributed by atoms with van der Waals surface area (Å²) >= 11 is 0. The number of aromatic nitrogens is 2. The van der Waals surface area contributed by atoms with E-state index in [9.17, 15) is 13.2 Å². The van der Waals surface area contributed by atoms with Gasteiger partial charge in [0.1, 0.15) is 5.82 Å². The first-order valence-corrected chi connectivity index (χ1v) is 11.6. The van der Waals surface area contributed by atoms with Gasteiger partial charge in [-0.05, 0) is 25.1 Å². The standard InChI is InChI=1S/C20H32N6O3S/c1-14(2)11-18-21-17-13-15(22-30(28,29)23(3)4)12-16(19(17)25(18)6)20(27)26-9-7-24(5)8-10-26/h12-14,22H,7-11H2,1-6H3. The van der Waals surface area contributed by atoms with Crippen molar-refractivity contribution in [1.29, 1.82) is 0 Å². The van der Waals surface area contributed by atoms with Gasteiger partial charge in [-0.15, -0.1) is 0 Å². The molecule has 0 bridgehead atoms. The van der Waals surface area contributed by atoms with Gasteiger partial charge in [-0.25, -0.2) is 4.98 Å². The fraction of sp³-hybridized carbons (Fsp3) is 0.600. The molecule has 0 spiro atoms. The maximum Gasteiger partial charge on any atom is 0.301 e. The minimum Gasteiger partial charge on any atom is -0.336 e. The molecule has 1 aromatic carbocycles. The van der Waals surface area contributed by atoms with Crippen LogP contribution in [0.2, 0.25) is 0 Å². The van der Waals surface area contributed by atoms with Gasteiger partial charge in [0.15, 0.2) is 0 Å². The van der Waals surface area contributed by atoms with Crippen LogP contribution >= 0.6 is 0 Å². The molecule has 0 unspecified atom stereocenters. The summed E-state index contributed by atoms with van der Waals surface area (Å²) in [7, 11) is 3.17. The SMILES string of the molecule is CC(C)Cc1nc2cc(NS(=O)(=O)N(C)C)cc(C(=O)N3CCN(C)CC3)c2n1C. The summed E-state index contributed by atoms with van der Waals surface area (Å²) in [4.78, 5) is 22.2. The highest BCUT2D eigenvalue weighted by molar-refractivity contribution is 7.90. The van der Waals surface area contributed by atoms with Gasteiger partial charge >= 0.3 is 10.2 Å². The van der Waals surface area contributed by atoms with Crippen LogP contribution in [0, 0.1) is 5.92 Å². The molecule has 0 aliphatic carbocycles. The van der Waals surface area contributed by atoms with Crippen molar-refractivity contribution < 1.29 is 13.2 Å². The zero-order valence-electron chi connectivity index (χ0n) is 18.6. The topological polar surface area (TPSA) is 90.8 Å². The molecule has 1 aromatic heterocycles. The number of imidazole rings is 1. The maximum atomic E-state index is 13.4.